The molecule has 0 aliphatic carbocycles. The number of hydrogen-bond donors (Lipinski definition) is 1. The van der Waals surface area contributed by atoms with Gasteiger partial charge >= 0.3 is 0 Å². The molecule has 138 valence electrons. The summed E-state index contributed by atoms with van der Waals surface area (Å²) < 4.78 is 13.9. The molecule has 0 heterocycles. The molecule has 0 fully saturated rings. The third-order valence-corrected chi connectivity index (χ3v) is 4.38. The van der Waals surface area contributed by atoms with E-state index in [1.807, 2.05) is 50.9 Å². The van der Waals surface area contributed by atoms with Crippen molar-refractivity contribution < 1.29 is 9.18 Å². The molecule has 0 amide bonds. The first-order chi connectivity index (χ1) is 12.3. The van der Waals surface area contributed by atoms with Crippen molar-refractivity contribution in [1.82, 2.24) is 4.90 Å². The first kappa shape index (κ1) is 19.6. The normalized spacial score (nSPS) is 11.0. The Labute approximate surface area is 154 Å². The Hall–Kier alpha value is -2.69. The monoisotopic (exact) mass is 355 g/mol. The lowest BCUT2D eigenvalue weighted by Gasteiger charge is -2.13. The lowest BCUT2D eigenvalue weighted by atomic mass is 10.00. The first-order valence-corrected chi connectivity index (χ1v) is 8.71. The van der Waals surface area contributed by atoms with E-state index in [-0.39, 0.29) is 18.1 Å². The van der Waals surface area contributed by atoms with E-state index in [9.17, 15) is 9.18 Å². The van der Waals surface area contributed by atoms with Crippen molar-refractivity contribution in [2.75, 3.05) is 25.5 Å². The SMILES string of the molecule is CCN(C)/C=N/c1cc(C)c(C(=O)CNc2c(C)cccc2F)cc1C. The van der Waals surface area contributed by atoms with Crippen LogP contribution >= 0.6 is 0 Å². The smallest absolute Gasteiger partial charge is 0.182 e. The highest BCUT2D eigenvalue weighted by molar-refractivity contribution is 6.01. The molecule has 1 N–H and O–H groups in total. The van der Waals surface area contributed by atoms with Crippen molar-refractivity contribution in [2.45, 2.75) is 27.7 Å². The van der Waals surface area contributed by atoms with Gasteiger partial charge in [0.25, 0.3) is 0 Å². The number of rotatable bonds is 7. The number of halogens is 1. The highest BCUT2D eigenvalue weighted by Gasteiger charge is 2.13. The molecule has 0 atom stereocenters. The minimum atomic E-state index is -0.351. The second kappa shape index (κ2) is 8.61. The van der Waals surface area contributed by atoms with Gasteiger partial charge < -0.3 is 10.2 Å². The van der Waals surface area contributed by atoms with Gasteiger partial charge in [0, 0.05) is 19.2 Å². The maximum Gasteiger partial charge on any atom is 0.182 e. The van der Waals surface area contributed by atoms with Gasteiger partial charge in [-0.15, -0.1) is 0 Å². The number of benzene rings is 2. The molecule has 0 aliphatic heterocycles. The number of carbonyl (C=O) groups is 1. The van der Waals surface area contributed by atoms with E-state index in [0.717, 1.165) is 28.9 Å². The Morgan fingerprint density at radius 3 is 2.58 bits per heavy atom. The Kier molecular flexibility index (Phi) is 6.50. The number of nitrogens with one attached hydrogen (secondary N) is 1. The molecule has 26 heavy (non-hydrogen) atoms. The number of nitrogens with zero attached hydrogens (tertiary/aromatic N) is 2. The van der Waals surface area contributed by atoms with Crippen molar-refractivity contribution >= 4 is 23.5 Å². The Balaban J connectivity index is 2.17. The lowest BCUT2D eigenvalue weighted by Crippen LogP contribution is -2.17. The fourth-order valence-corrected chi connectivity index (χ4v) is 2.60. The van der Waals surface area contributed by atoms with Crippen LogP contribution in [-0.4, -0.2) is 37.2 Å². The van der Waals surface area contributed by atoms with E-state index >= 15 is 0 Å². The molecule has 2 rings (SSSR count). The fourth-order valence-electron chi connectivity index (χ4n) is 2.60. The van der Waals surface area contributed by atoms with E-state index in [1.54, 1.807) is 12.4 Å². The van der Waals surface area contributed by atoms with Crippen LogP contribution in [0, 0.1) is 26.6 Å². The van der Waals surface area contributed by atoms with Crippen LogP contribution in [0.4, 0.5) is 15.8 Å². The van der Waals surface area contributed by atoms with Crippen LogP contribution in [0.15, 0.2) is 35.3 Å². The number of Topliss-reactive ketones (excluding diaryl/α,β-unsaturated/α-hetero) is 1. The van der Waals surface area contributed by atoms with E-state index in [2.05, 4.69) is 17.2 Å². The summed E-state index contributed by atoms with van der Waals surface area (Å²) in [6.45, 7) is 8.61. The zero-order valence-corrected chi connectivity index (χ0v) is 16.1. The second-order valence-electron chi connectivity index (χ2n) is 6.48. The largest absolute Gasteiger partial charge is 0.375 e. The average Bonchev–Trinajstić information content (AvgIpc) is 2.61. The third-order valence-electron chi connectivity index (χ3n) is 4.38. The van der Waals surface area contributed by atoms with Crippen molar-refractivity contribution in [3.63, 3.8) is 0 Å². The number of hydrogen-bond acceptors (Lipinski definition) is 3. The molecular formula is C21H26FN3O. The van der Waals surface area contributed by atoms with E-state index in [4.69, 9.17) is 0 Å². The van der Waals surface area contributed by atoms with Gasteiger partial charge in [0.2, 0.25) is 0 Å². The molecular weight excluding hydrogens is 329 g/mol. The summed E-state index contributed by atoms with van der Waals surface area (Å²) in [5, 5.41) is 2.93. The van der Waals surface area contributed by atoms with Crippen molar-refractivity contribution in [1.29, 1.82) is 0 Å². The van der Waals surface area contributed by atoms with Gasteiger partial charge in [-0.3, -0.25) is 4.79 Å². The van der Waals surface area contributed by atoms with Gasteiger partial charge in [-0.1, -0.05) is 12.1 Å². The van der Waals surface area contributed by atoms with E-state index in [1.165, 1.54) is 6.07 Å². The minimum Gasteiger partial charge on any atom is -0.375 e. The van der Waals surface area contributed by atoms with Crippen molar-refractivity contribution in [2.24, 2.45) is 4.99 Å². The summed E-state index contributed by atoms with van der Waals surface area (Å²) in [6.07, 6.45) is 1.78. The molecule has 4 nitrogen and oxygen atoms in total. The molecule has 0 saturated carbocycles. The highest BCUT2D eigenvalue weighted by atomic mass is 19.1. The van der Waals surface area contributed by atoms with Crippen LogP contribution in [0.1, 0.15) is 34.0 Å². The van der Waals surface area contributed by atoms with Crippen LogP contribution in [-0.2, 0) is 0 Å². The minimum absolute atomic E-state index is 0.0449. The summed E-state index contributed by atoms with van der Waals surface area (Å²) in [4.78, 5) is 19.1. The molecule has 0 aliphatic rings. The van der Waals surface area contributed by atoms with Crippen LogP contribution in [0.3, 0.4) is 0 Å². The number of para-hydroxylation sites is 1. The summed E-state index contributed by atoms with van der Waals surface area (Å²) in [5.74, 6) is -0.426. The predicted molar refractivity (Wildman–Crippen MR) is 106 cm³/mol. The van der Waals surface area contributed by atoms with Crippen LogP contribution in [0.5, 0.6) is 0 Å². The van der Waals surface area contributed by atoms with Gasteiger partial charge in [0.05, 0.1) is 24.3 Å². The van der Waals surface area contributed by atoms with Gasteiger partial charge in [-0.25, -0.2) is 9.38 Å². The number of aryl methyl sites for hydroxylation is 3. The quantitative estimate of drug-likeness (QED) is 0.446. The molecule has 0 bridgehead atoms. The van der Waals surface area contributed by atoms with Crippen molar-refractivity contribution in [3.8, 4) is 0 Å². The molecule has 2 aromatic carbocycles. The summed E-state index contributed by atoms with van der Waals surface area (Å²) in [7, 11) is 1.96. The summed E-state index contributed by atoms with van der Waals surface area (Å²) in [5.41, 5.74) is 4.42. The first-order valence-electron chi connectivity index (χ1n) is 8.71. The molecule has 0 saturated heterocycles. The Bertz CT molecular complexity index is 810. The molecule has 5 heteroatoms. The number of aliphatic imine (C=N–C) groups is 1. The molecule has 2 aromatic rings. The Morgan fingerprint density at radius 1 is 1.19 bits per heavy atom. The van der Waals surface area contributed by atoms with Crippen molar-refractivity contribution in [3.05, 3.63) is 58.4 Å². The number of ketones is 1. The second-order valence-corrected chi connectivity index (χ2v) is 6.48. The summed E-state index contributed by atoms with van der Waals surface area (Å²) >= 11 is 0. The van der Waals surface area contributed by atoms with Gasteiger partial charge in [-0.05, 0) is 62.6 Å². The van der Waals surface area contributed by atoms with E-state index in [0.29, 0.717) is 11.3 Å². The third kappa shape index (κ3) is 4.69. The maximum atomic E-state index is 13.9. The zero-order valence-electron chi connectivity index (χ0n) is 16.1. The highest BCUT2D eigenvalue weighted by Crippen LogP contribution is 2.24. The van der Waals surface area contributed by atoms with Crippen LogP contribution in [0.2, 0.25) is 0 Å². The lowest BCUT2D eigenvalue weighted by molar-refractivity contribution is 0.101. The van der Waals surface area contributed by atoms with Crippen LogP contribution < -0.4 is 5.32 Å². The van der Waals surface area contributed by atoms with E-state index < -0.39 is 0 Å². The molecule has 0 unspecified atom stereocenters. The zero-order chi connectivity index (χ0) is 19.3. The number of carbonyl (C=O) groups excluding carboxylic acids is 1. The average molecular weight is 355 g/mol. The predicted octanol–water partition coefficient (Wildman–Crippen LogP) is 4.66. The van der Waals surface area contributed by atoms with Gasteiger partial charge in [0.15, 0.2) is 5.78 Å². The van der Waals surface area contributed by atoms with Gasteiger partial charge in [-0.2, -0.15) is 0 Å². The topological polar surface area (TPSA) is 44.7 Å². The van der Waals surface area contributed by atoms with Crippen LogP contribution in [0.25, 0.3) is 0 Å². The Morgan fingerprint density at radius 2 is 1.92 bits per heavy atom. The maximum absolute atomic E-state index is 13.9. The van der Waals surface area contributed by atoms with Gasteiger partial charge in [0.1, 0.15) is 5.82 Å². The standard InChI is InChI=1S/C21H26FN3O/c1-6-25(5)13-24-19-11-15(3)17(10-16(19)4)20(26)12-23-21-14(2)8-7-9-18(21)22/h7-11,13,23H,6,12H2,1-5H3/b24-13+. The molecule has 0 radical (unpaired) electrons. The molecule has 0 spiro atoms. The fraction of sp³-hybridized carbons (Fsp3) is 0.333. The summed E-state index contributed by atoms with van der Waals surface area (Å²) in [6, 6.07) is 8.62. The molecule has 0 aromatic heterocycles. The number of anilines is 1.